The molecule has 1 heterocycles. The Morgan fingerprint density at radius 3 is 1.10 bits per heavy atom. The van der Waals surface area contributed by atoms with Crippen LogP contribution in [0.2, 0.25) is 0 Å². The molecular formula is C70H133NO8. The van der Waals surface area contributed by atoms with Gasteiger partial charge in [-0.15, -0.1) is 0 Å². The van der Waals surface area contributed by atoms with Gasteiger partial charge in [0.2, 0.25) is 5.91 Å². The molecule has 0 aromatic heterocycles. The van der Waals surface area contributed by atoms with Gasteiger partial charge in [0, 0.05) is 6.42 Å². The highest BCUT2D eigenvalue weighted by molar-refractivity contribution is 5.76. The topological polar surface area (TPSA) is 149 Å². The molecule has 9 heteroatoms. The number of hydrogen-bond acceptors (Lipinski definition) is 8. The first-order valence-electron chi connectivity index (χ1n) is 34.7. The lowest BCUT2D eigenvalue weighted by molar-refractivity contribution is -0.302. The van der Waals surface area contributed by atoms with Crippen molar-refractivity contribution in [1.29, 1.82) is 0 Å². The molecule has 7 unspecified atom stereocenters. The first kappa shape index (κ1) is 75.4. The van der Waals surface area contributed by atoms with E-state index in [9.17, 15) is 30.3 Å². The molecular weight excluding hydrogens is 983 g/mol. The second-order valence-electron chi connectivity index (χ2n) is 24.3. The third-order valence-corrected chi connectivity index (χ3v) is 16.7. The Kier molecular flexibility index (Phi) is 56.9. The molecule has 1 saturated heterocycles. The maximum absolute atomic E-state index is 13.1. The molecule has 0 radical (unpaired) electrons. The molecule has 0 aromatic rings. The summed E-state index contributed by atoms with van der Waals surface area (Å²) in [6.07, 6.45) is 72.2. The Morgan fingerprint density at radius 2 is 0.747 bits per heavy atom. The molecule has 0 aliphatic carbocycles. The maximum atomic E-state index is 13.1. The van der Waals surface area contributed by atoms with Crippen molar-refractivity contribution in [1.82, 2.24) is 5.32 Å². The Balaban J connectivity index is 2.03. The Hall–Kier alpha value is -1.59. The van der Waals surface area contributed by atoms with Crippen molar-refractivity contribution in [2.75, 3.05) is 13.2 Å². The highest BCUT2D eigenvalue weighted by atomic mass is 16.7. The molecule has 1 amide bonds. The number of ether oxygens (including phenoxy) is 2. The summed E-state index contributed by atoms with van der Waals surface area (Å²) in [5.74, 6) is -0.137. The zero-order valence-electron chi connectivity index (χ0n) is 52.2. The summed E-state index contributed by atoms with van der Waals surface area (Å²) >= 11 is 0. The molecule has 0 bridgehead atoms. The van der Waals surface area contributed by atoms with E-state index in [-0.39, 0.29) is 12.5 Å². The van der Waals surface area contributed by atoms with Gasteiger partial charge in [0.25, 0.3) is 0 Å². The lowest BCUT2D eigenvalue weighted by Gasteiger charge is -2.40. The predicted octanol–water partition coefficient (Wildman–Crippen LogP) is 18.6. The van der Waals surface area contributed by atoms with E-state index in [0.29, 0.717) is 12.8 Å². The van der Waals surface area contributed by atoms with E-state index >= 15 is 0 Å². The summed E-state index contributed by atoms with van der Waals surface area (Å²) in [5.41, 5.74) is 0. The molecule has 9 nitrogen and oxygen atoms in total. The normalized spacial score (nSPS) is 18.7. The monoisotopic (exact) mass is 1120 g/mol. The zero-order valence-corrected chi connectivity index (χ0v) is 52.2. The van der Waals surface area contributed by atoms with E-state index in [2.05, 4.69) is 55.6 Å². The van der Waals surface area contributed by atoms with Crippen molar-refractivity contribution in [2.24, 2.45) is 0 Å². The van der Waals surface area contributed by atoms with Gasteiger partial charge in [-0.3, -0.25) is 4.79 Å². The Bertz CT molecular complexity index is 1340. The van der Waals surface area contributed by atoms with E-state index in [1.54, 1.807) is 0 Å². The van der Waals surface area contributed by atoms with Crippen molar-refractivity contribution in [3.63, 3.8) is 0 Å². The molecule has 1 fully saturated rings. The van der Waals surface area contributed by atoms with Crippen molar-refractivity contribution in [2.45, 2.75) is 391 Å². The third kappa shape index (κ3) is 48.5. The summed E-state index contributed by atoms with van der Waals surface area (Å²) < 4.78 is 11.3. The second-order valence-corrected chi connectivity index (χ2v) is 24.3. The van der Waals surface area contributed by atoms with Crippen LogP contribution >= 0.6 is 0 Å². The quantitative estimate of drug-likeness (QED) is 0.0261. The van der Waals surface area contributed by atoms with Crippen molar-refractivity contribution in [3.05, 3.63) is 36.5 Å². The van der Waals surface area contributed by atoms with Crippen molar-refractivity contribution < 1.29 is 39.8 Å². The van der Waals surface area contributed by atoms with Crippen LogP contribution < -0.4 is 5.32 Å². The fourth-order valence-electron chi connectivity index (χ4n) is 11.3. The fraction of sp³-hybridized carbons (Fsp3) is 0.900. The highest BCUT2D eigenvalue weighted by Crippen LogP contribution is 2.24. The number of rotatable bonds is 61. The molecule has 466 valence electrons. The summed E-state index contributed by atoms with van der Waals surface area (Å²) in [7, 11) is 0. The maximum Gasteiger partial charge on any atom is 0.220 e. The standard InChI is InChI=1S/C70H133NO8/c1-3-5-7-9-11-13-15-17-19-21-22-23-24-25-26-27-28-29-30-31-32-33-34-35-36-37-38-39-40-41-42-44-46-48-50-52-54-56-58-60-66(74)71-63(62-78-70-69(77)68(76)67(75)65(61-72)79-70)64(73)59-57-55-53-51-49-47-45-43-20-18-16-14-12-10-8-6-4-2/h15,17,21-22,24-25,63-65,67-70,72-73,75-77H,3-14,16,18-20,23,26-62H2,1-2H3,(H,71,74)/b17-15-,22-21-,25-24-. The van der Waals surface area contributed by atoms with Gasteiger partial charge in [-0.05, 0) is 51.4 Å². The number of aliphatic hydroxyl groups is 5. The smallest absolute Gasteiger partial charge is 0.220 e. The molecule has 0 aromatic carbocycles. The summed E-state index contributed by atoms with van der Waals surface area (Å²) in [6, 6.07) is -0.717. The average molecular weight is 1120 g/mol. The molecule has 0 spiro atoms. The van der Waals surface area contributed by atoms with Gasteiger partial charge in [0.05, 0.1) is 25.4 Å². The SMILES string of the molecule is CCCCCCC/C=C\C/C=C\C/C=C\CCCCCCCCCCCCCCCCCCCCCCCCCCC(=O)NC(COC1OC(CO)C(O)C(O)C1O)C(O)CCCCCCCCCCCCCCCCCCC. The number of carbonyl (C=O) groups is 1. The fourth-order valence-corrected chi connectivity index (χ4v) is 11.3. The van der Waals surface area contributed by atoms with Crippen LogP contribution in [0, 0.1) is 0 Å². The van der Waals surface area contributed by atoms with Crippen LogP contribution in [0.1, 0.15) is 348 Å². The number of carbonyl (C=O) groups excluding carboxylic acids is 1. The number of aliphatic hydroxyl groups excluding tert-OH is 5. The molecule has 7 atom stereocenters. The van der Waals surface area contributed by atoms with Crippen LogP contribution in [0.4, 0.5) is 0 Å². The molecule has 0 saturated carbocycles. The summed E-state index contributed by atoms with van der Waals surface area (Å²) in [6.45, 7) is 3.87. The van der Waals surface area contributed by atoms with E-state index in [1.807, 2.05) is 0 Å². The lowest BCUT2D eigenvalue weighted by atomic mass is 9.99. The average Bonchev–Trinajstić information content (AvgIpc) is 3.48. The van der Waals surface area contributed by atoms with Gasteiger partial charge in [-0.25, -0.2) is 0 Å². The Labute approximate surface area is 489 Å². The number of unbranched alkanes of at least 4 members (excludes halogenated alkanes) is 45. The van der Waals surface area contributed by atoms with Crippen LogP contribution in [0.5, 0.6) is 0 Å². The van der Waals surface area contributed by atoms with Crippen LogP contribution in [0.25, 0.3) is 0 Å². The lowest BCUT2D eigenvalue weighted by Crippen LogP contribution is -2.60. The number of amides is 1. The van der Waals surface area contributed by atoms with Crippen LogP contribution in [0.15, 0.2) is 36.5 Å². The highest BCUT2D eigenvalue weighted by Gasteiger charge is 2.44. The van der Waals surface area contributed by atoms with Gasteiger partial charge in [-0.1, -0.05) is 326 Å². The van der Waals surface area contributed by atoms with Gasteiger partial charge in [-0.2, -0.15) is 0 Å². The van der Waals surface area contributed by atoms with Crippen LogP contribution in [-0.4, -0.2) is 87.5 Å². The second kappa shape index (κ2) is 59.6. The number of nitrogens with one attached hydrogen (secondary N) is 1. The molecule has 1 aliphatic rings. The zero-order chi connectivity index (χ0) is 57.2. The van der Waals surface area contributed by atoms with E-state index in [1.165, 1.54) is 270 Å². The number of hydrogen-bond donors (Lipinski definition) is 6. The Morgan fingerprint density at radius 1 is 0.430 bits per heavy atom. The van der Waals surface area contributed by atoms with E-state index in [4.69, 9.17) is 9.47 Å². The largest absolute Gasteiger partial charge is 0.394 e. The van der Waals surface area contributed by atoms with E-state index in [0.717, 1.165) is 51.4 Å². The van der Waals surface area contributed by atoms with Gasteiger partial charge >= 0.3 is 0 Å². The van der Waals surface area contributed by atoms with Crippen molar-refractivity contribution >= 4 is 5.91 Å². The van der Waals surface area contributed by atoms with Crippen LogP contribution in [-0.2, 0) is 14.3 Å². The van der Waals surface area contributed by atoms with E-state index < -0.39 is 49.5 Å². The van der Waals surface area contributed by atoms with Gasteiger partial charge in [0.1, 0.15) is 24.4 Å². The first-order chi connectivity index (χ1) is 38.8. The molecule has 1 rings (SSSR count). The molecule has 79 heavy (non-hydrogen) atoms. The number of allylic oxidation sites excluding steroid dienone is 6. The van der Waals surface area contributed by atoms with Crippen molar-refractivity contribution in [3.8, 4) is 0 Å². The van der Waals surface area contributed by atoms with Gasteiger partial charge in [0.15, 0.2) is 6.29 Å². The minimum atomic E-state index is -1.55. The summed E-state index contributed by atoms with van der Waals surface area (Å²) in [5, 5.41) is 54.8. The molecule has 6 N–H and O–H groups in total. The predicted molar refractivity (Wildman–Crippen MR) is 337 cm³/mol. The minimum absolute atomic E-state index is 0.133. The first-order valence-corrected chi connectivity index (χ1v) is 34.7. The summed E-state index contributed by atoms with van der Waals surface area (Å²) in [4.78, 5) is 13.1. The van der Waals surface area contributed by atoms with Gasteiger partial charge < -0.3 is 40.3 Å². The molecule has 1 aliphatic heterocycles. The minimum Gasteiger partial charge on any atom is -0.394 e. The third-order valence-electron chi connectivity index (χ3n) is 16.7. The van der Waals surface area contributed by atoms with Crippen LogP contribution in [0.3, 0.4) is 0 Å².